The summed E-state index contributed by atoms with van der Waals surface area (Å²) in [5, 5.41) is 0.578. The van der Waals surface area contributed by atoms with Crippen LogP contribution in [-0.2, 0) is 0 Å². The number of hydrogen-bond acceptors (Lipinski definition) is 3. The summed E-state index contributed by atoms with van der Waals surface area (Å²) in [6.45, 7) is 0. The number of halogens is 1. The lowest BCUT2D eigenvalue weighted by Gasteiger charge is -2.04. The molecule has 24 heavy (non-hydrogen) atoms. The molecule has 0 unspecified atom stereocenters. The minimum atomic E-state index is -0.492. The highest BCUT2D eigenvalue weighted by Crippen LogP contribution is 2.17. The molecule has 0 aliphatic rings. The molecule has 0 radical (unpaired) electrons. The molecule has 1 heterocycles. The number of carbonyl (C=O) groups excluding carboxylic acids is 1. The molecule has 0 spiro atoms. The Hall–Kier alpha value is -3.09. The van der Waals surface area contributed by atoms with E-state index in [4.69, 9.17) is 16.3 Å². The Morgan fingerprint density at radius 1 is 0.917 bits per heavy atom. The molecular weight excluding hydrogens is 322 g/mol. The van der Waals surface area contributed by atoms with Gasteiger partial charge < -0.3 is 4.74 Å². The van der Waals surface area contributed by atoms with Gasteiger partial charge in [0.1, 0.15) is 5.75 Å². The van der Waals surface area contributed by atoms with Gasteiger partial charge in [-0.15, -0.1) is 0 Å². The predicted octanol–water partition coefficient (Wildman–Crippen LogP) is 4.35. The van der Waals surface area contributed by atoms with Gasteiger partial charge in [0.05, 0.1) is 5.56 Å². The van der Waals surface area contributed by atoms with Gasteiger partial charge in [-0.3, -0.25) is 4.98 Å². The largest absolute Gasteiger partial charge is 0.423 e. The van der Waals surface area contributed by atoms with Crippen molar-refractivity contribution in [2.45, 2.75) is 0 Å². The van der Waals surface area contributed by atoms with Crippen LogP contribution >= 0.6 is 11.6 Å². The van der Waals surface area contributed by atoms with Crippen LogP contribution in [0.3, 0.4) is 0 Å². The second-order valence-corrected chi connectivity index (χ2v) is 5.36. The average Bonchev–Trinajstić information content (AvgIpc) is 2.63. The van der Waals surface area contributed by atoms with Crippen LogP contribution in [0, 0.1) is 11.8 Å². The van der Waals surface area contributed by atoms with E-state index in [1.807, 2.05) is 30.3 Å². The third-order valence-corrected chi connectivity index (χ3v) is 3.38. The lowest BCUT2D eigenvalue weighted by molar-refractivity contribution is 0.0734. The van der Waals surface area contributed by atoms with E-state index in [1.54, 1.807) is 36.5 Å². The summed E-state index contributed by atoms with van der Waals surface area (Å²) in [6, 6.07) is 17.8. The van der Waals surface area contributed by atoms with Crippen LogP contribution in [0.1, 0.15) is 21.5 Å². The molecule has 0 aliphatic carbocycles. The number of pyridine rings is 1. The third-order valence-electron chi connectivity index (χ3n) is 3.12. The number of esters is 1. The predicted molar refractivity (Wildman–Crippen MR) is 93.1 cm³/mol. The minimum Gasteiger partial charge on any atom is -0.423 e. The molecule has 0 aliphatic heterocycles. The smallest absolute Gasteiger partial charge is 0.345 e. The topological polar surface area (TPSA) is 39.2 Å². The SMILES string of the molecule is O=C(Oc1ccc(Cl)cc1)c1cncc(C#Cc2ccccc2)c1. The summed E-state index contributed by atoms with van der Waals surface area (Å²) in [6.07, 6.45) is 3.06. The Bertz CT molecular complexity index is 910. The summed E-state index contributed by atoms with van der Waals surface area (Å²) in [5.74, 6) is 5.95. The monoisotopic (exact) mass is 333 g/mol. The maximum atomic E-state index is 12.2. The van der Waals surface area contributed by atoms with Crippen molar-refractivity contribution >= 4 is 17.6 Å². The van der Waals surface area contributed by atoms with E-state index in [2.05, 4.69) is 16.8 Å². The molecule has 116 valence electrons. The quantitative estimate of drug-likeness (QED) is 0.397. The first kappa shape index (κ1) is 15.8. The molecule has 0 amide bonds. The van der Waals surface area contributed by atoms with E-state index in [-0.39, 0.29) is 0 Å². The molecular formula is C20H12ClNO2. The van der Waals surface area contributed by atoms with Crippen molar-refractivity contribution < 1.29 is 9.53 Å². The summed E-state index contributed by atoms with van der Waals surface area (Å²) < 4.78 is 5.29. The van der Waals surface area contributed by atoms with Crippen molar-refractivity contribution in [1.29, 1.82) is 0 Å². The molecule has 0 saturated heterocycles. The van der Waals surface area contributed by atoms with Crippen molar-refractivity contribution in [2.24, 2.45) is 0 Å². The van der Waals surface area contributed by atoms with Crippen LogP contribution < -0.4 is 4.74 Å². The first-order valence-corrected chi connectivity index (χ1v) is 7.58. The van der Waals surface area contributed by atoms with E-state index in [1.165, 1.54) is 6.20 Å². The normalized spacial score (nSPS) is 9.71. The minimum absolute atomic E-state index is 0.338. The first-order valence-electron chi connectivity index (χ1n) is 7.20. The summed E-state index contributed by atoms with van der Waals surface area (Å²) in [4.78, 5) is 16.2. The van der Waals surface area contributed by atoms with Gasteiger partial charge in [0.15, 0.2) is 0 Å². The maximum Gasteiger partial charge on any atom is 0.345 e. The molecule has 0 bridgehead atoms. The summed E-state index contributed by atoms with van der Waals surface area (Å²) in [5.41, 5.74) is 1.88. The number of nitrogens with zero attached hydrogens (tertiary/aromatic N) is 1. The van der Waals surface area contributed by atoms with Crippen molar-refractivity contribution in [3.8, 4) is 17.6 Å². The molecule has 4 heteroatoms. The molecule has 3 aromatic rings. The van der Waals surface area contributed by atoms with Gasteiger partial charge in [-0.1, -0.05) is 41.6 Å². The summed E-state index contributed by atoms with van der Waals surface area (Å²) >= 11 is 5.81. The standard InChI is InChI=1S/C20H12ClNO2/c21-18-8-10-19(11-9-18)24-20(23)17-12-16(13-22-14-17)7-6-15-4-2-1-3-5-15/h1-5,8-14H. The van der Waals surface area contributed by atoms with Crippen molar-refractivity contribution in [3.05, 3.63) is 94.8 Å². The Kier molecular flexibility index (Phi) is 4.90. The number of aromatic nitrogens is 1. The Morgan fingerprint density at radius 3 is 2.38 bits per heavy atom. The van der Waals surface area contributed by atoms with Gasteiger partial charge in [-0.2, -0.15) is 0 Å². The highest BCUT2D eigenvalue weighted by Gasteiger charge is 2.09. The lowest BCUT2D eigenvalue weighted by Crippen LogP contribution is -2.09. The highest BCUT2D eigenvalue weighted by atomic mass is 35.5. The van der Waals surface area contributed by atoms with Crippen LogP contribution in [0.5, 0.6) is 5.75 Å². The van der Waals surface area contributed by atoms with Gasteiger partial charge in [0.25, 0.3) is 0 Å². The number of benzene rings is 2. The summed E-state index contributed by atoms with van der Waals surface area (Å²) in [7, 11) is 0. The van der Waals surface area contributed by atoms with Crippen LogP contribution in [-0.4, -0.2) is 11.0 Å². The molecule has 0 atom stereocenters. The number of carbonyl (C=O) groups is 1. The van der Waals surface area contributed by atoms with Crippen LogP contribution in [0.15, 0.2) is 73.1 Å². The molecule has 2 aromatic carbocycles. The Balaban J connectivity index is 1.76. The fourth-order valence-electron chi connectivity index (χ4n) is 1.95. The van der Waals surface area contributed by atoms with Crippen molar-refractivity contribution in [1.82, 2.24) is 4.98 Å². The Labute approximate surface area is 144 Å². The van der Waals surface area contributed by atoms with E-state index in [9.17, 15) is 4.79 Å². The second kappa shape index (κ2) is 7.45. The number of ether oxygens (including phenoxy) is 1. The zero-order chi connectivity index (χ0) is 16.8. The third kappa shape index (κ3) is 4.22. The van der Waals surface area contributed by atoms with Crippen molar-refractivity contribution in [3.63, 3.8) is 0 Å². The molecule has 0 fully saturated rings. The van der Waals surface area contributed by atoms with Gasteiger partial charge in [0, 0.05) is 28.5 Å². The van der Waals surface area contributed by atoms with Crippen LogP contribution in [0.25, 0.3) is 0 Å². The highest BCUT2D eigenvalue weighted by molar-refractivity contribution is 6.30. The van der Waals surface area contributed by atoms with Crippen LogP contribution in [0.2, 0.25) is 5.02 Å². The van der Waals surface area contributed by atoms with Gasteiger partial charge >= 0.3 is 5.97 Å². The zero-order valence-electron chi connectivity index (χ0n) is 12.6. The van der Waals surface area contributed by atoms with E-state index in [0.29, 0.717) is 21.9 Å². The average molecular weight is 334 g/mol. The van der Waals surface area contributed by atoms with Gasteiger partial charge in [-0.05, 0) is 42.5 Å². The zero-order valence-corrected chi connectivity index (χ0v) is 13.3. The maximum absolute atomic E-state index is 12.2. The van der Waals surface area contributed by atoms with Crippen LogP contribution in [0.4, 0.5) is 0 Å². The van der Waals surface area contributed by atoms with Gasteiger partial charge in [-0.25, -0.2) is 4.79 Å². The molecule has 3 rings (SSSR count). The first-order chi connectivity index (χ1) is 11.7. The second-order valence-electron chi connectivity index (χ2n) is 4.92. The molecule has 1 aromatic heterocycles. The number of hydrogen-bond donors (Lipinski definition) is 0. The fraction of sp³-hybridized carbons (Fsp3) is 0. The lowest BCUT2D eigenvalue weighted by atomic mass is 10.2. The van der Waals surface area contributed by atoms with Crippen molar-refractivity contribution in [2.75, 3.05) is 0 Å². The fourth-order valence-corrected chi connectivity index (χ4v) is 2.08. The Morgan fingerprint density at radius 2 is 1.62 bits per heavy atom. The molecule has 3 nitrogen and oxygen atoms in total. The number of rotatable bonds is 2. The molecule has 0 N–H and O–H groups in total. The van der Waals surface area contributed by atoms with E-state index >= 15 is 0 Å². The van der Waals surface area contributed by atoms with E-state index in [0.717, 1.165) is 5.56 Å². The van der Waals surface area contributed by atoms with E-state index < -0.39 is 5.97 Å². The van der Waals surface area contributed by atoms with Gasteiger partial charge in [0.2, 0.25) is 0 Å². The molecule has 0 saturated carbocycles.